The summed E-state index contributed by atoms with van der Waals surface area (Å²) in [6.07, 6.45) is 27.8. The van der Waals surface area contributed by atoms with E-state index in [1.54, 1.807) is 0 Å². The quantitative estimate of drug-likeness (QED) is 0.0288. The number of aliphatic hydroxyl groups is 1. The third-order valence-electron chi connectivity index (χ3n) is 9.38. The van der Waals surface area contributed by atoms with E-state index in [0.717, 1.165) is 38.5 Å². The zero-order valence-electron chi connectivity index (χ0n) is 33.3. The fourth-order valence-corrected chi connectivity index (χ4v) is 7.00. The summed E-state index contributed by atoms with van der Waals surface area (Å²) >= 11 is 0. The molecule has 298 valence electrons. The molecule has 0 aromatic heterocycles. The Bertz CT molecular complexity index is 850. The number of Topliss-reactive ketones (excluding diaryl/α,β-unsaturated/α-hetero) is 1. The minimum atomic E-state index is -4.91. The van der Waals surface area contributed by atoms with Gasteiger partial charge in [0, 0.05) is 12.8 Å². The first-order valence-corrected chi connectivity index (χ1v) is 22.2. The van der Waals surface area contributed by atoms with Crippen LogP contribution in [-0.4, -0.2) is 74.5 Å². The Morgan fingerprint density at radius 2 is 0.980 bits per heavy atom. The molecule has 0 radical (unpaired) electrons. The van der Waals surface area contributed by atoms with E-state index < -0.39 is 38.4 Å². The highest BCUT2D eigenvalue weighted by atomic mass is 31.2. The fourth-order valence-electron chi connectivity index (χ4n) is 6.10. The number of carbonyl (C=O) groups excluding carboxylic acids is 2. The minimum absolute atomic E-state index is 0.0778. The molecule has 0 aliphatic rings. The van der Waals surface area contributed by atoms with Gasteiger partial charge in [-0.15, -0.1) is 0 Å². The Labute approximate surface area is 308 Å². The van der Waals surface area contributed by atoms with Gasteiger partial charge < -0.3 is 28.3 Å². The monoisotopic (exact) mass is 734 g/mol. The standard InChI is InChI=1S/C40H80NO8P/c1-6-8-10-12-14-16-18-19-20-21-23-24-26-28-30-32-37(43)40(49-50(45,46)47-35-34-41(3,4)5)38(36-42)48-39(44)33-31-29-27-25-22-17-15-13-11-9-7-2/h38,40,42H,6-36H2,1-5H3/t38-,40?/m0/s1. The zero-order valence-corrected chi connectivity index (χ0v) is 34.2. The van der Waals surface area contributed by atoms with Crippen LogP contribution in [0.25, 0.3) is 0 Å². The van der Waals surface area contributed by atoms with Crippen molar-refractivity contribution in [3.8, 4) is 0 Å². The maximum atomic E-state index is 13.3. The molecule has 0 fully saturated rings. The first-order chi connectivity index (χ1) is 24.0. The van der Waals surface area contributed by atoms with Gasteiger partial charge in [0.05, 0.1) is 27.7 Å². The number of esters is 1. The highest BCUT2D eigenvalue weighted by molar-refractivity contribution is 7.45. The van der Waals surface area contributed by atoms with E-state index in [0.29, 0.717) is 23.9 Å². The molecule has 2 unspecified atom stereocenters. The predicted molar refractivity (Wildman–Crippen MR) is 204 cm³/mol. The van der Waals surface area contributed by atoms with Crippen molar-refractivity contribution in [3.63, 3.8) is 0 Å². The molecule has 0 aromatic rings. The van der Waals surface area contributed by atoms with Crippen LogP contribution in [0.3, 0.4) is 0 Å². The highest BCUT2D eigenvalue weighted by Gasteiger charge is 2.35. The summed E-state index contributed by atoms with van der Waals surface area (Å²) in [5.41, 5.74) is 0. The zero-order chi connectivity index (χ0) is 37.4. The molecule has 0 spiro atoms. The fraction of sp³-hybridized carbons (Fsp3) is 0.950. The molecule has 50 heavy (non-hydrogen) atoms. The van der Waals surface area contributed by atoms with Crippen LogP contribution >= 0.6 is 7.82 Å². The van der Waals surface area contributed by atoms with Crippen molar-refractivity contribution in [2.75, 3.05) is 40.9 Å². The first-order valence-electron chi connectivity index (χ1n) is 20.7. The van der Waals surface area contributed by atoms with Crippen LogP contribution in [-0.2, 0) is 27.9 Å². The van der Waals surface area contributed by atoms with Crippen LogP contribution in [0.1, 0.15) is 194 Å². The molecule has 3 atom stereocenters. The van der Waals surface area contributed by atoms with Crippen LogP contribution < -0.4 is 4.89 Å². The molecule has 0 amide bonds. The molecule has 0 bridgehead atoms. The number of hydrogen-bond acceptors (Lipinski definition) is 8. The number of aliphatic hydroxyl groups excluding tert-OH is 1. The van der Waals surface area contributed by atoms with Crippen LogP contribution in [0.2, 0.25) is 0 Å². The van der Waals surface area contributed by atoms with Gasteiger partial charge in [-0.1, -0.05) is 168 Å². The topological polar surface area (TPSA) is 122 Å². The number of hydrogen-bond donors (Lipinski definition) is 1. The average molecular weight is 734 g/mol. The van der Waals surface area contributed by atoms with Crippen molar-refractivity contribution in [2.24, 2.45) is 0 Å². The van der Waals surface area contributed by atoms with Gasteiger partial charge in [-0.2, -0.15) is 0 Å². The van der Waals surface area contributed by atoms with Gasteiger partial charge in [-0.05, 0) is 12.8 Å². The smallest absolute Gasteiger partial charge is 0.306 e. The Hall–Kier alpha value is -0.830. The van der Waals surface area contributed by atoms with Crippen molar-refractivity contribution in [2.45, 2.75) is 206 Å². The van der Waals surface area contributed by atoms with Gasteiger partial charge in [-0.3, -0.25) is 14.2 Å². The van der Waals surface area contributed by atoms with E-state index in [1.807, 2.05) is 21.1 Å². The number of ketones is 1. The Balaban J connectivity index is 4.66. The average Bonchev–Trinajstić information content (AvgIpc) is 3.06. The molecule has 0 saturated carbocycles. The highest BCUT2D eigenvalue weighted by Crippen LogP contribution is 2.41. The normalized spacial score (nSPS) is 14.4. The third kappa shape index (κ3) is 31.9. The van der Waals surface area contributed by atoms with E-state index in [4.69, 9.17) is 13.8 Å². The predicted octanol–water partition coefficient (Wildman–Crippen LogP) is 10.00. The van der Waals surface area contributed by atoms with Crippen LogP contribution in [0.5, 0.6) is 0 Å². The van der Waals surface area contributed by atoms with Crippen molar-refractivity contribution in [1.82, 2.24) is 0 Å². The summed E-state index contributed by atoms with van der Waals surface area (Å²) in [7, 11) is 0.804. The second-order valence-corrected chi connectivity index (χ2v) is 16.8. The van der Waals surface area contributed by atoms with Crippen LogP contribution in [0.15, 0.2) is 0 Å². The molecule has 0 aromatic carbocycles. The van der Waals surface area contributed by atoms with E-state index in [9.17, 15) is 24.2 Å². The van der Waals surface area contributed by atoms with E-state index in [1.165, 1.54) is 116 Å². The second kappa shape index (κ2) is 32.8. The van der Waals surface area contributed by atoms with Crippen LogP contribution in [0, 0.1) is 0 Å². The summed E-state index contributed by atoms with van der Waals surface area (Å²) in [4.78, 5) is 38.7. The molecule has 0 rings (SSSR count). The first kappa shape index (κ1) is 49.2. The number of unbranched alkanes of at least 4 members (excludes halogenated alkanes) is 24. The lowest BCUT2D eigenvalue weighted by Crippen LogP contribution is -2.43. The lowest BCUT2D eigenvalue weighted by molar-refractivity contribution is -0.870. The molecule has 0 heterocycles. The molecular weight excluding hydrogens is 653 g/mol. The number of likely N-dealkylation sites (N-methyl/N-ethyl adjacent to an activating group) is 1. The van der Waals surface area contributed by atoms with Crippen molar-refractivity contribution in [1.29, 1.82) is 0 Å². The molecule has 0 saturated heterocycles. The SMILES string of the molecule is CCCCCCCCCCCCCCCCCC(=O)C(OP(=O)([O-])OCC[N+](C)(C)C)[C@H](CO)OC(=O)CCCCCCCCCCCCC. The van der Waals surface area contributed by atoms with Crippen LogP contribution in [0.4, 0.5) is 0 Å². The summed E-state index contributed by atoms with van der Waals surface area (Å²) < 4.78 is 29.0. The molecule has 0 aliphatic carbocycles. The van der Waals surface area contributed by atoms with Gasteiger partial charge in [0.25, 0.3) is 7.82 Å². The number of carbonyl (C=O) groups is 2. The molecule has 10 heteroatoms. The number of ether oxygens (including phenoxy) is 1. The van der Waals surface area contributed by atoms with Crippen molar-refractivity contribution >= 4 is 19.6 Å². The molecular formula is C40H80NO8P. The van der Waals surface area contributed by atoms with Gasteiger partial charge in [0.15, 0.2) is 18.0 Å². The lowest BCUT2D eigenvalue weighted by atomic mass is 10.0. The Morgan fingerprint density at radius 1 is 0.620 bits per heavy atom. The van der Waals surface area contributed by atoms with Crippen molar-refractivity contribution in [3.05, 3.63) is 0 Å². The van der Waals surface area contributed by atoms with Gasteiger partial charge in [-0.25, -0.2) is 0 Å². The third-order valence-corrected chi connectivity index (χ3v) is 10.4. The summed E-state index contributed by atoms with van der Waals surface area (Å²) in [5.74, 6) is -1.08. The Morgan fingerprint density at radius 3 is 1.34 bits per heavy atom. The Kier molecular flexibility index (Phi) is 32.2. The summed E-state index contributed by atoms with van der Waals surface area (Å²) in [5, 5.41) is 10.1. The second-order valence-electron chi connectivity index (χ2n) is 15.5. The van der Waals surface area contributed by atoms with E-state index >= 15 is 0 Å². The molecule has 0 aliphatic heterocycles. The lowest BCUT2D eigenvalue weighted by Gasteiger charge is -2.32. The van der Waals surface area contributed by atoms with Crippen molar-refractivity contribution < 1.29 is 42.4 Å². The van der Waals surface area contributed by atoms with E-state index in [-0.39, 0.29) is 19.4 Å². The van der Waals surface area contributed by atoms with Gasteiger partial charge >= 0.3 is 5.97 Å². The number of nitrogens with zero attached hydrogens (tertiary/aromatic N) is 1. The summed E-state index contributed by atoms with van der Waals surface area (Å²) in [6.45, 7) is 4.04. The molecule has 1 N–H and O–H groups in total. The largest absolute Gasteiger partial charge is 0.756 e. The summed E-state index contributed by atoms with van der Waals surface area (Å²) in [6, 6.07) is 0. The maximum Gasteiger partial charge on any atom is 0.306 e. The number of rotatable bonds is 38. The minimum Gasteiger partial charge on any atom is -0.756 e. The maximum absolute atomic E-state index is 13.3. The molecule has 9 nitrogen and oxygen atoms in total. The number of phosphoric ester groups is 1. The van der Waals surface area contributed by atoms with Gasteiger partial charge in [0.1, 0.15) is 13.2 Å². The van der Waals surface area contributed by atoms with Gasteiger partial charge in [0.2, 0.25) is 0 Å². The number of quaternary nitrogens is 1. The van der Waals surface area contributed by atoms with E-state index in [2.05, 4.69) is 13.8 Å². The number of phosphoric acid groups is 1.